The molecule has 0 saturated carbocycles. The van der Waals surface area contributed by atoms with Gasteiger partial charge in [-0.05, 0) is 41.4 Å². The van der Waals surface area contributed by atoms with Gasteiger partial charge in [0.25, 0.3) is 5.56 Å². The molecule has 21 heavy (non-hydrogen) atoms. The Morgan fingerprint density at radius 2 is 2.00 bits per heavy atom. The highest BCUT2D eigenvalue weighted by Gasteiger charge is 2.11. The van der Waals surface area contributed by atoms with E-state index in [-0.39, 0.29) is 24.1 Å². The highest BCUT2D eigenvalue weighted by atomic mass is 79.9. The molecule has 0 spiro atoms. The van der Waals surface area contributed by atoms with Crippen molar-refractivity contribution >= 4 is 21.8 Å². The number of rotatable bonds is 4. The number of benzene rings is 1. The van der Waals surface area contributed by atoms with E-state index < -0.39 is 0 Å². The number of aryl methyl sites for hydroxylation is 1. The summed E-state index contributed by atoms with van der Waals surface area (Å²) >= 11 is 3.33. The Morgan fingerprint density at radius 1 is 1.33 bits per heavy atom. The number of aromatic nitrogens is 1. The highest BCUT2D eigenvalue weighted by molar-refractivity contribution is 9.10. The minimum Gasteiger partial charge on any atom is -0.348 e. The van der Waals surface area contributed by atoms with Crippen molar-refractivity contribution in [3.63, 3.8) is 0 Å². The monoisotopic (exact) mass is 348 g/mol. The van der Waals surface area contributed by atoms with E-state index in [1.165, 1.54) is 4.57 Å². The fourth-order valence-corrected chi connectivity index (χ4v) is 2.71. The van der Waals surface area contributed by atoms with Crippen LogP contribution in [0.2, 0.25) is 0 Å². The van der Waals surface area contributed by atoms with E-state index in [0.29, 0.717) is 5.56 Å². The molecule has 0 aliphatic carbocycles. The van der Waals surface area contributed by atoms with E-state index in [2.05, 4.69) is 21.2 Å². The maximum Gasteiger partial charge on any atom is 0.253 e. The molecule has 2 aromatic rings. The Bertz CT molecular complexity index is 695. The molecule has 1 amide bonds. The van der Waals surface area contributed by atoms with E-state index in [1.807, 2.05) is 37.3 Å². The summed E-state index contributed by atoms with van der Waals surface area (Å²) in [6.07, 6.45) is 1.63. The summed E-state index contributed by atoms with van der Waals surface area (Å²) < 4.78 is 2.19. The zero-order chi connectivity index (χ0) is 15.4. The van der Waals surface area contributed by atoms with E-state index in [9.17, 15) is 9.59 Å². The number of nitrogens with one attached hydrogen (secondary N) is 1. The number of hydrogen-bond donors (Lipinski definition) is 1. The van der Waals surface area contributed by atoms with Crippen molar-refractivity contribution < 1.29 is 4.79 Å². The van der Waals surface area contributed by atoms with Crippen LogP contribution in [0.3, 0.4) is 0 Å². The summed E-state index contributed by atoms with van der Waals surface area (Å²) in [4.78, 5) is 24.1. The molecule has 0 aliphatic rings. The predicted molar refractivity (Wildman–Crippen MR) is 86.1 cm³/mol. The molecule has 110 valence electrons. The van der Waals surface area contributed by atoms with Gasteiger partial charge in [-0.3, -0.25) is 9.59 Å². The normalized spacial score (nSPS) is 12.0. The predicted octanol–water partition coefficient (Wildman–Crippen LogP) is 2.80. The molecule has 0 radical (unpaired) electrons. The maximum atomic E-state index is 12.1. The molecule has 1 atom stereocenters. The molecule has 1 N–H and O–H groups in total. The minimum atomic E-state index is -0.189. The van der Waals surface area contributed by atoms with Gasteiger partial charge in [0.2, 0.25) is 5.91 Å². The average molecular weight is 349 g/mol. The van der Waals surface area contributed by atoms with Crippen LogP contribution in [0.25, 0.3) is 0 Å². The molecular weight excluding hydrogens is 332 g/mol. The van der Waals surface area contributed by atoms with Gasteiger partial charge in [0.05, 0.1) is 6.04 Å². The van der Waals surface area contributed by atoms with Gasteiger partial charge in [0, 0.05) is 16.2 Å². The fraction of sp³-hybridized carbons (Fsp3) is 0.250. The summed E-state index contributed by atoms with van der Waals surface area (Å²) in [5, 5.41) is 2.90. The molecule has 5 heteroatoms. The summed E-state index contributed by atoms with van der Waals surface area (Å²) in [6, 6.07) is 11.4. The number of halogens is 1. The first-order chi connectivity index (χ1) is 9.97. The molecule has 2 rings (SSSR count). The first-order valence-corrected chi connectivity index (χ1v) is 7.47. The lowest BCUT2D eigenvalue weighted by Gasteiger charge is -2.15. The van der Waals surface area contributed by atoms with Crippen molar-refractivity contribution in [2.24, 2.45) is 0 Å². The van der Waals surface area contributed by atoms with Gasteiger partial charge in [-0.2, -0.15) is 0 Å². The molecule has 0 fully saturated rings. The largest absolute Gasteiger partial charge is 0.348 e. The lowest BCUT2D eigenvalue weighted by molar-refractivity contribution is -0.122. The van der Waals surface area contributed by atoms with Crippen LogP contribution in [0, 0.1) is 6.92 Å². The van der Waals surface area contributed by atoms with Crippen molar-refractivity contribution in [1.82, 2.24) is 9.88 Å². The molecule has 0 aliphatic heterocycles. The van der Waals surface area contributed by atoms with Gasteiger partial charge in [0.1, 0.15) is 6.54 Å². The number of carbonyl (C=O) groups is 1. The van der Waals surface area contributed by atoms with Gasteiger partial charge >= 0.3 is 0 Å². The number of amides is 1. The summed E-state index contributed by atoms with van der Waals surface area (Å²) in [5.41, 5.74) is 1.48. The minimum absolute atomic E-state index is 0.0102. The number of nitrogens with zero attached hydrogens (tertiary/aromatic N) is 1. The lowest BCUT2D eigenvalue weighted by atomic mass is 10.1. The van der Waals surface area contributed by atoms with Crippen LogP contribution in [-0.2, 0) is 11.3 Å². The second-order valence-electron chi connectivity index (χ2n) is 4.97. The van der Waals surface area contributed by atoms with E-state index in [4.69, 9.17) is 0 Å². The standard InChI is InChI=1S/C16H17BrN2O2/c1-11-8-14(17)9-19(16(11)21)10-15(20)18-12(2)13-6-4-3-5-7-13/h3-9,12H,10H2,1-2H3,(H,18,20). The SMILES string of the molecule is Cc1cc(Br)cn(CC(=O)NC(C)c2ccccc2)c1=O. The van der Waals surface area contributed by atoms with Gasteiger partial charge < -0.3 is 9.88 Å². The smallest absolute Gasteiger partial charge is 0.253 e. The lowest BCUT2D eigenvalue weighted by Crippen LogP contribution is -2.34. The van der Waals surface area contributed by atoms with Gasteiger partial charge in [-0.25, -0.2) is 0 Å². The maximum absolute atomic E-state index is 12.1. The summed E-state index contributed by atoms with van der Waals surface area (Å²) in [5.74, 6) is -0.189. The highest BCUT2D eigenvalue weighted by Crippen LogP contribution is 2.11. The second kappa shape index (κ2) is 6.72. The van der Waals surface area contributed by atoms with Crippen molar-refractivity contribution in [2.75, 3.05) is 0 Å². The summed E-state index contributed by atoms with van der Waals surface area (Å²) in [6.45, 7) is 3.66. The van der Waals surface area contributed by atoms with Crippen LogP contribution in [0.5, 0.6) is 0 Å². The Kier molecular flexibility index (Phi) is 4.96. The summed E-state index contributed by atoms with van der Waals surface area (Å²) in [7, 11) is 0. The third kappa shape index (κ3) is 4.04. The quantitative estimate of drug-likeness (QED) is 0.923. The molecule has 1 heterocycles. The molecular formula is C16H17BrN2O2. The molecule has 0 bridgehead atoms. The van der Waals surface area contributed by atoms with Gasteiger partial charge in [0.15, 0.2) is 0 Å². The van der Waals surface area contributed by atoms with Crippen molar-refractivity contribution in [3.05, 3.63) is 68.5 Å². The average Bonchev–Trinajstić information content (AvgIpc) is 2.45. The van der Waals surface area contributed by atoms with Crippen molar-refractivity contribution in [1.29, 1.82) is 0 Å². The molecule has 1 aromatic heterocycles. The van der Waals surface area contributed by atoms with E-state index in [0.717, 1.165) is 10.0 Å². The molecule has 1 aromatic carbocycles. The molecule has 4 nitrogen and oxygen atoms in total. The number of carbonyl (C=O) groups excluding carboxylic acids is 1. The van der Waals surface area contributed by atoms with Crippen LogP contribution >= 0.6 is 15.9 Å². The van der Waals surface area contributed by atoms with Crippen LogP contribution < -0.4 is 10.9 Å². The Morgan fingerprint density at radius 3 is 2.67 bits per heavy atom. The zero-order valence-corrected chi connectivity index (χ0v) is 13.6. The Hall–Kier alpha value is -1.88. The van der Waals surface area contributed by atoms with Crippen molar-refractivity contribution in [3.8, 4) is 0 Å². The van der Waals surface area contributed by atoms with Gasteiger partial charge in [-0.15, -0.1) is 0 Å². The molecule has 0 saturated heterocycles. The van der Waals surface area contributed by atoms with Crippen LogP contribution in [0.4, 0.5) is 0 Å². The van der Waals surface area contributed by atoms with Crippen molar-refractivity contribution in [2.45, 2.75) is 26.4 Å². The fourth-order valence-electron chi connectivity index (χ4n) is 2.12. The number of pyridine rings is 1. The van der Waals surface area contributed by atoms with Crippen LogP contribution in [-0.4, -0.2) is 10.5 Å². The Balaban J connectivity index is 2.07. The van der Waals surface area contributed by atoms with Crippen LogP contribution in [0.15, 0.2) is 51.9 Å². The zero-order valence-electron chi connectivity index (χ0n) is 12.0. The first kappa shape index (κ1) is 15.5. The second-order valence-corrected chi connectivity index (χ2v) is 5.89. The third-order valence-corrected chi connectivity index (χ3v) is 3.66. The Labute approximate surface area is 131 Å². The number of hydrogen-bond acceptors (Lipinski definition) is 2. The van der Waals surface area contributed by atoms with E-state index in [1.54, 1.807) is 19.2 Å². The third-order valence-electron chi connectivity index (χ3n) is 3.22. The molecule has 1 unspecified atom stereocenters. The van der Waals surface area contributed by atoms with Crippen LogP contribution in [0.1, 0.15) is 24.1 Å². The van der Waals surface area contributed by atoms with Gasteiger partial charge in [-0.1, -0.05) is 30.3 Å². The first-order valence-electron chi connectivity index (χ1n) is 6.68. The van der Waals surface area contributed by atoms with E-state index >= 15 is 0 Å². The topological polar surface area (TPSA) is 51.1 Å².